The van der Waals surface area contributed by atoms with Crippen LogP contribution in [0, 0.1) is 5.92 Å². The third kappa shape index (κ3) is 1.76. The van der Waals surface area contributed by atoms with Gasteiger partial charge in [-0.25, -0.2) is 0 Å². The maximum atomic E-state index is 10.9. The highest BCUT2D eigenvalue weighted by atomic mass is 16.4. The highest BCUT2D eigenvalue weighted by Gasteiger charge is 2.27. The lowest BCUT2D eigenvalue weighted by molar-refractivity contribution is -0.142. The van der Waals surface area contributed by atoms with Crippen molar-refractivity contribution in [2.24, 2.45) is 5.92 Å². The summed E-state index contributed by atoms with van der Waals surface area (Å²) in [6, 6.07) is 0.357. The van der Waals surface area contributed by atoms with Crippen LogP contribution in [0.5, 0.6) is 0 Å². The van der Waals surface area contributed by atoms with Crippen LogP contribution >= 0.6 is 0 Å². The van der Waals surface area contributed by atoms with E-state index in [1.165, 1.54) is 5.69 Å². The minimum atomic E-state index is -0.682. The van der Waals surface area contributed by atoms with E-state index in [1.807, 2.05) is 10.9 Å². The standard InChI is InChI=1S/C11H16N2O2/c1-7(2)13-10-4-3-8(11(14)15)5-9(10)6-12-13/h6-8H,3-5H2,1-2H3,(H,14,15)/t8-/m0/s1. The highest BCUT2D eigenvalue weighted by Crippen LogP contribution is 2.27. The number of fused-ring (bicyclic) bond motifs is 1. The van der Waals surface area contributed by atoms with Crippen molar-refractivity contribution in [1.29, 1.82) is 0 Å². The van der Waals surface area contributed by atoms with Crippen LogP contribution in [-0.4, -0.2) is 20.9 Å². The summed E-state index contributed by atoms with van der Waals surface area (Å²) in [6.45, 7) is 4.19. The molecule has 4 heteroatoms. The molecular formula is C11H16N2O2. The van der Waals surface area contributed by atoms with E-state index in [9.17, 15) is 4.79 Å². The molecule has 0 saturated carbocycles. The van der Waals surface area contributed by atoms with Gasteiger partial charge in [0.1, 0.15) is 0 Å². The van der Waals surface area contributed by atoms with Crippen molar-refractivity contribution in [3.05, 3.63) is 17.5 Å². The zero-order chi connectivity index (χ0) is 11.0. The Morgan fingerprint density at radius 3 is 3.00 bits per heavy atom. The Morgan fingerprint density at radius 1 is 1.67 bits per heavy atom. The Morgan fingerprint density at radius 2 is 2.40 bits per heavy atom. The fourth-order valence-corrected chi connectivity index (χ4v) is 2.20. The summed E-state index contributed by atoms with van der Waals surface area (Å²) < 4.78 is 2.01. The van der Waals surface area contributed by atoms with Crippen molar-refractivity contribution in [2.45, 2.75) is 39.2 Å². The molecule has 0 amide bonds. The van der Waals surface area contributed by atoms with Gasteiger partial charge in [0.25, 0.3) is 0 Å². The van der Waals surface area contributed by atoms with Crippen LogP contribution in [0.25, 0.3) is 0 Å². The van der Waals surface area contributed by atoms with Gasteiger partial charge in [-0.1, -0.05) is 0 Å². The van der Waals surface area contributed by atoms with Gasteiger partial charge in [0.15, 0.2) is 0 Å². The van der Waals surface area contributed by atoms with Crippen LogP contribution in [0.15, 0.2) is 6.20 Å². The van der Waals surface area contributed by atoms with E-state index in [2.05, 4.69) is 18.9 Å². The van der Waals surface area contributed by atoms with Crippen LogP contribution in [0.3, 0.4) is 0 Å². The van der Waals surface area contributed by atoms with Crippen molar-refractivity contribution in [3.8, 4) is 0 Å². The Hall–Kier alpha value is -1.32. The molecule has 1 aromatic heterocycles. The SMILES string of the molecule is CC(C)n1ncc2c1CC[C@H](C(=O)O)C2. The normalized spacial score (nSPS) is 20.3. The molecule has 1 aliphatic carbocycles. The van der Waals surface area contributed by atoms with Crippen molar-refractivity contribution >= 4 is 5.97 Å². The quantitative estimate of drug-likeness (QED) is 0.804. The second kappa shape index (κ2) is 3.68. The maximum Gasteiger partial charge on any atom is 0.306 e. The summed E-state index contributed by atoms with van der Waals surface area (Å²) in [6.07, 6.45) is 4.03. The van der Waals surface area contributed by atoms with Gasteiger partial charge in [0.2, 0.25) is 0 Å². The van der Waals surface area contributed by atoms with Crippen LogP contribution in [-0.2, 0) is 17.6 Å². The third-order valence-electron chi connectivity index (χ3n) is 3.02. The molecule has 0 spiro atoms. The molecule has 1 heterocycles. The van der Waals surface area contributed by atoms with E-state index >= 15 is 0 Å². The average molecular weight is 208 g/mol. The minimum Gasteiger partial charge on any atom is -0.481 e. The number of aliphatic carboxylic acids is 1. The van der Waals surface area contributed by atoms with E-state index in [-0.39, 0.29) is 5.92 Å². The molecule has 0 radical (unpaired) electrons. The molecule has 1 atom stereocenters. The smallest absolute Gasteiger partial charge is 0.306 e. The number of carboxylic acid groups (broad SMARTS) is 1. The molecule has 1 aliphatic rings. The fourth-order valence-electron chi connectivity index (χ4n) is 2.20. The first-order chi connectivity index (χ1) is 7.09. The van der Waals surface area contributed by atoms with E-state index in [4.69, 9.17) is 5.11 Å². The largest absolute Gasteiger partial charge is 0.481 e. The monoisotopic (exact) mass is 208 g/mol. The number of hydrogen-bond donors (Lipinski definition) is 1. The molecule has 0 aromatic carbocycles. The van der Waals surface area contributed by atoms with Crippen LogP contribution in [0.1, 0.15) is 37.6 Å². The van der Waals surface area contributed by atoms with E-state index in [0.717, 1.165) is 18.4 Å². The third-order valence-corrected chi connectivity index (χ3v) is 3.02. The minimum absolute atomic E-state index is 0.220. The molecule has 82 valence electrons. The fraction of sp³-hybridized carbons (Fsp3) is 0.636. The summed E-state index contributed by atoms with van der Waals surface area (Å²) >= 11 is 0. The zero-order valence-corrected chi connectivity index (χ0v) is 9.10. The second-order valence-corrected chi connectivity index (χ2v) is 4.43. The first kappa shape index (κ1) is 10.2. The molecule has 1 aromatic rings. The number of aromatic nitrogens is 2. The first-order valence-electron chi connectivity index (χ1n) is 5.37. The van der Waals surface area contributed by atoms with Crippen molar-refractivity contribution in [3.63, 3.8) is 0 Å². The molecule has 0 saturated heterocycles. The van der Waals surface area contributed by atoms with Gasteiger partial charge >= 0.3 is 5.97 Å². The molecule has 0 aliphatic heterocycles. The van der Waals surface area contributed by atoms with Gasteiger partial charge in [-0.15, -0.1) is 0 Å². The van der Waals surface area contributed by atoms with Gasteiger partial charge in [0, 0.05) is 11.7 Å². The lowest BCUT2D eigenvalue weighted by atomic mass is 9.88. The van der Waals surface area contributed by atoms with Crippen LogP contribution in [0.4, 0.5) is 0 Å². The Labute approximate surface area is 88.9 Å². The zero-order valence-electron chi connectivity index (χ0n) is 9.10. The molecule has 4 nitrogen and oxygen atoms in total. The summed E-state index contributed by atoms with van der Waals surface area (Å²) in [5.74, 6) is -0.903. The number of rotatable bonds is 2. The molecule has 0 bridgehead atoms. The molecule has 2 rings (SSSR count). The summed E-state index contributed by atoms with van der Waals surface area (Å²) in [4.78, 5) is 10.9. The number of hydrogen-bond acceptors (Lipinski definition) is 2. The molecule has 0 unspecified atom stereocenters. The van der Waals surface area contributed by atoms with Gasteiger partial charge in [-0.05, 0) is 38.7 Å². The summed E-state index contributed by atoms with van der Waals surface area (Å²) in [5.41, 5.74) is 2.34. The first-order valence-corrected chi connectivity index (χ1v) is 5.37. The maximum absolute atomic E-state index is 10.9. The van der Waals surface area contributed by atoms with Gasteiger partial charge in [0.05, 0.1) is 12.1 Å². The van der Waals surface area contributed by atoms with Crippen LogP contribution in [0.2, 0.25) is 0 Å². The second-order valence-electron chi connectivity index (χ2n) is 4.43. The number of carboxylic acids is 1. The predicted octanol–water partition coefficient (Wildman–Crippen LogP) is 1.65. The molecule has 0 fully saturated rings. The van der Waals surface area contributed by atoms with Crippen molar-refractivity contribution < 1.29 is 9.90 Å². The topological polar surface area (TPSA) is 55.1 Å². The average Bonchev–Trinajstić information content (AvgIpc) is 2.59. The van der Waals surface area contributed by atoms with E-state index < -0.39 is 5.97 Å². The number of carbonyl (C=O) groups is 1. The van der Waals surface area contributed by atoms with E-state index in [0.29, 0.717) is 12.5 Å². The van der Waals surface area contributed by atoms with Gasteiger partial charge in [-0.2, -0.15) is 5.10 Å². The van der Waals surface area contributed by atoms with Crippen molar-refractivity contribution in [1.82, 2.24) is 9.78 Å². The summed E-state index contributed by atoms with van der Waals surface area (Å²) in [7, 11) is 0. The van der Waals surface area contributed by atoms with Gasteiger partial charge in [-0.3, -0.25) is 9.48 Å². The highest BCUT2D eigenvalue weighted by molar-refractivity contribution is 5.70. The Balaban J connectivity index is 2.26. The molecule has 1 N–H and O–H groups in total. The summed E-state index contributed by atoms with van der Waals surface area (Å²) in [5, 5.41) is 13.3. The molecular weight excluding hydrogens is 192 g/mol. The lowest BCUT2D eigenvalue weighted by Crippen LogP contribution is -2.23. The van der Waals surface area contributed by atoms with Crippen molar-refractivity contribution in [2.75, 3.05) is 0 Å². The Bertz CT molecular complexity index is 382. The Kier molecular flexibility index (Phi) is 2.50. The van der Waals surface area contributed by atoms with E-state index in [1.54, 1.807) is 0 Å². The van der Waals surface area contributed by atoms with Crippen LogP contribution < -0.4 is 0 Å². The predicted molar refractivity (Wildman–Crippen MR) is 55.8 cm³/mol. The lowest BCUT2D eigenvalue weighted by Gasteiger charge is -2.20. The molecule has 15 heavy (non-hydrogen) atoms. The number of nitrogens with zero attached hydrogens (tertiary/aromatic N) is 2. The van der Waals surface area contributed by atoms with Gasteiger partial charge < -0.3 is 5.11 Å².